The van der Waals surface area contributed by atoms with Crippen LogP contribution in [-0.2, 0) is 0 Å². The Balaban J connectivity index is 1.18. The van der Waals surface area contributed by atoms with E-state index in [-0.39, 0.29) is 0 Å². The average Bonchev–Trinajstić information content (AvgIpc) is 2.74. The van der Waals surface area contributed by atoms with Crippen LogP contribution in [0.2, 0.25) is 0 Å². The molecule has 1 aliphatic rings. The molecule has 0 aliphatic carbocycles. The first-order chi connectivity index (χ1) is 14.3. The van der Waals surface area contributed by atoms with Crippen LogP contribution in [0.25, 0.3) is 22.3 Å². The van der Waals surface area contributed by atoms with Gasteiger partial charge in [0.1, 0.15) is 5.82 Å². The Hall–Kier alpha value is -3.61. The maximum absolute atomic E-state index is 4.71. The van der Waals surface area contributed by atoms with Gasteiger partial charge in [-0.05, 0) is 43.3 Å². The van der Waals surface area contributed by atoms with Crippen LogP contribution in [0.1, 0.15) is 5.69 Å². The fourth-order valence-corrected chi connectivity index (χ4v) is 3.55. The normalized spacial score (nSPS) is 14.0. The molecule has 1 saturated heterocycles. The summed E-state index contributed by atoms with van der Waals surface area (Å²) < 4.78 is 0. The summed E-state index contributed by atoms with van der Waals surface area (Å²) in [4.78, 5) is 15.6. The Morgan fingerprint density at radius 3 is 2.41 bits per heavy atom. The molecule has 0 radical (unpaired) electrons. The minimum atomic E-state index is 0.546. The first-order valence-electron chi connectivity index (χ1n) is 9.72. The summed E-state index contributed by atoms with van der Waals surface area (Å²) in [5.41, 5.74) is 4.66. The van der Waals surface area contributed by atoms with Gasteiger partial charge in [0.25, 0.3) is 0 Å². The lowest BCUT2D eigenvalue weighted by molar-refractivity contribution is 0.425. The van der Waals surface area contributed by atoms with Gasteiger partial charge in [-0.2, -0.15) is 0 Å². The molecule has 1 fully saturated rings. The summed E-state index contributed by atoms with van der Waals surface area (Å²) in [5, 5.41) is 12.2. The van der Waals surface area contributed by atoms with Crippen LogP contribution in [0.3, 0.4) is 0 Å². The lowest BCUT2D eigenvalue weighted by Gasteiger charge is -2.40. The molecule has 29 heavy (non-hydrogen) atoms. The van der Waals surface area contributed by atoms with Gasteiger partial charge in [-0.25, -0.2) is 9.97 Å². The van der Waals surface area contributed by atoms with Crippen molar-refractivity contribution in [3.8, 4) is 11.3 Å². The van der Waals surface area contributed by atoms with Crippen molar-refractivity contribution in [1.29, 1.82) is 0 Å². The Morgan fingerprint density at radius 1 is 0.931 bits per heavy atom. The number of anilines is 2. The van der Waals surface area contributed by atoms with E-state index in [9.17, 15) is 0 Å². The van der Waals surface area contributed by atoms with E-state index in [2.05, 4.69) is 30.4 Å². The molecular weight excluding hydrogens is 362 g/mol. The van der Waals surface area contributed by atoms with E-state index in [0.717, 1.165) is 59.3 Å². The fourth-order valence-electron chi connectivity index (χ4n) is 3.55. The van der Waals surface area contributed by atoms with E-state index in [0.29, 0.717) is 5.92 Å². The van der Waals surface area contributed by atoms with Gasteiger partial charge < -0.3 is 10.2 Å². The van der Waals surface area contributed by atoms with Crippen LogP contribution in [-0.4, -0.2) is 44.8 Å². The molecule has 0 amide bonds. The number of rotatable bonds is 5. The number of para-hydroxylation sites is 2. The molecule has 3 aromatic heterocycles. The molecule has 1 aromatic carbocycles. The average molecular weight is 383 g/mol. The van der Waals surface area contributed by atoms with E-state index in [4.69, 9.17) is 4.98 Å². The van der Waals surface area contributed by atoms with Crippen LogP contribution < -0.4 is 10.2 Å². The zero-order chi connectivity index (χ0) is 19.6. The highest BCUT2D eigenvalue weighted by molar-refractivity contribution is 5.76. The molecule has 4 aromatic rings. The van der Waals surface area contributed by atoms with Crippen molar-refractivity contribution in [3.63, 3.8) is 0 Å². The second-order valence-electron chi connectivity index (χ2n) is 7.31. The monoisotopic (exact) mass is 383 g/mol. The number of nitrogens with zero attached hydrogens (tertiary/aromatic N) is 6. The van der Waals surface area contributed by atoms with Crippen LogP contribution in [0.4, 0.5) is 11.6 Å². The maximum Gasteiger partial charge on any atom is 0.151 e. The number of fused-ring (bicyclic) bond motifs is 1. The zero-order valence-corrected chi connectivity index (χ0v) is 16.2. The van der Waals surface area contributed by atoms with Gasteiger partial charge in [0.15, 0.2) is 5.82 Å². The largest absolute Gasteiger partial charge is 0.368 e. The Labute approximate surface area is 168 Å². The van der Waals surface area contributed by atoms with E-state index in [1.54, 1.807) is 12.4 Å². The molecule has 7 nitrogen and oxygen atoms in total. The van der Waals surface area contributed by atoms with Gasteiger partial charge in [0, 0.05) is 43.5 Å². The molecule has 1 N–H and O–H groups in total. The Kier molecular flexibility index (Phi) is 4.48. The minimum Gasteiger partial charge on any atom is -0.368 e. The van der Waals surface area contributed by atoms with Crippen molar-refractivity contribution in [2.75, 3.05) is 29.9 Å². The standard InChI is InChI=1S/C22H21N7/c1-15-22(26-20-5-3-2-4-19(20)25-15)24-12-16-13-29(14-16)21-7-6-18(27-28-21)17-8-10-23-11-9-17/h2-11,16H,12-14H2,1H3,(H,24,26). The highest BCUT2D eigenvalue weighted by Gasteiger charge is 2.28. The Morgan fingerprint density at radius 2 is 1.69 bits per heavy atom. The van der Waals surface area contributed by atoms with E-state index >= 15 is 0 Å². The molecule has 144 valence electrons. The minimum absolute atomic E-state index is 0.546. The molecular formula is C22H21N7. The third-order valence-corrected chi connectivity index (χ3v) is 5.21. The maximum atomic E-state index is 4.71. The summed E-state index contributed by atoms with van der Waals surface area (Å²) in [6, 6.07) is 15.9. The van der Waals surface area contributed by atoms with Gasteiger partial charge in [-0.3, -0.25) is 4.98 Å². The predicted molar refractivity (Wildman–Crippen MR) is 114 cm³/mol. The molecule has 4 heterocycles. The molecule has 0 bridgehead atoms. The number of aryl methyl sites for hydroxylation is 1. The molecule has 0 saturated carbocycles. The van der Waals surface area contributed by atoms with Gasteiger partial charge >= 0.3 is 0 Å². The fraction of sp³-hybridized carbons (Fsp3) is 0.227. The molecule has 5 rings (SSSR count). The van der Waals surface area contributed by atoms with Crippen molar-refractivity contribution in [2.24, 2.45) is 5.92 Å². The smallest absolute Gasteiger partial charge is 0.151 e. The van der Waals surface area contributed by atoms with Crippen molar-refractivity contribution in [3.05, 3.63) is 66.6 Å². The lowest BCUT2D eigenvalue weighted by Crippen LogP contribution is -2.50. The number of pyridine rings is 1. The van der Waals surface area contributed by atoms with Crippen LogP contribution in [0, 0.1) is 12.8 Å². The van der Waals surface area contributed by atoms with Crippen molar-refractivity contribution in [1.82, 2.24) is 25.1 Å². The molecule has 7 heteroatoms. The summed E-state index contributed by atoms with van der Waals surface area (Å²) in [7, 11) is 0. The van der Waals surface area contributed by atoms with Crippen LogP contribution in [0.15, 0.2) is 60.9 Å². The van der Waals surface area contributed by atoms with Gasteiger partial charge in [-0.15, -0.1) is 10.2 Å². The van der Waals surface area contributed by atoms with Crippen molar-refractivity contribution in [2.45, 2.75) is 6.92 Å². The van der Waals surface area contributed by atoms with E-state index < -0.39 is 0 Å². The van der Waals surface area contributed by atoms with Crippen molar-refractivity contribution >= 4 is 22.7 Å². The lowest BCUT2D eigenvalue weighted by atomic mass is 10.00. The molecule has 0 atom stereocenters. The molecule has 0 spiro atoms. The van der Waals surface area contributed by atoms with Crippen molar-refractivity contribution < 1.29 is 0 Å². The SMILES string of the molecule is Cc1nc2ccccc2nc1NCC1CN(c2ccc(-c3ccncc3)nn2)C1. The topological polar surface area (TPSA) is 79.7 Å². The quantitative estimate of drug-likeness (QED) is 0.566. The van der Waals surface area contributed by atoms with E-state index in [1.165, 1.54) is 0 Å². The highest BCUT2D eigenvalue weighted by Crippen LogP contribution is 2.25. The molecule has 1 aliphatic heterocycles. The third-order valence-electron chi connectivity index (χ3n) is 5.21. The highest BCUT2D eigenvalue weighted by atomic mass is 15.3. The second-order valence-corrected chi connectivity index (χ2v) is 7.31. The first kappa shape index (κ1) is 17.5. The summed E-state index contributed by atoms with van der Waals surface area (Å²) in [6.07, 6.45) is 3.53. The first-order valence-corrected chi connectivity index (χ1v) is 9.72. The second kappa shape index (κ2) is 7.43. The van der Waals surface area contributed by atoms with Gasteiger partial charge in [0.05, 0.1) is 22.4 Å². The van der Waals surface area contributed by atoms with E-state index in [1.807, 2.05) is 55.5 Å². The summed E-state index contributed by atoms with van der Waals surface area (Å²) in [5.74, 6) is 2.33. The van der Waals surface area contributed by atoms with Gasteiger partial charge in [-0.1, -0.05) is 12.1 Å². The number of nitrogens with one attached hydrogen (secondary N) is 1. The number of hydrogen-bond acceptors (Lipinski definition) is 7. The summed E-state index contributed by atoms with van der Waals surface area (Å²) >= 11 is 0. The predicted octanol–water partition coefficient (Wildman–Crippen LogP) is 3.34. The zero-order valence-electron chi connectivity index (χ0n) is 16.2. The summed E-state index contributed by atoms with van der Waals surface area (Å²) in [6.45, 7) is 4.77. The van der Waals surface area contributed by atoms with Crippen LogP contribution >= 0.6 is 0 Å². The number of benzene rings is 1. The van der Waals surface area contributed by atoms with Gasteiger partial charge in [0.2, 0.25) is 0 Å². The number of aromatic nitrogens is 5. The molecule has 0 unspecified atom stereocenters. The Bertz CT molecular complexity index is 1120. The number of hydrogen-bond donors (Lipinski definition) is 1. The van der Waals surface area contributed by atoms with Crippen LogP contribution in [0.5, 0.6) is 0 Å². The third kappa shape index (κ3) is 3.59.